The van der Waals surface area contributed by atoms with Crippen molar-refractivity contribution < 1.29 is 4.39 Å². The Morgan fingerprint density at radius 1 is 1.43 bits per heavy atom. The topological polar surface area (TPSA) is 39.1 Å². The first-order valence-electron chi connectivity index (χ1n) is 7.40. The fourth-order valence-electron chi connectivity index (χ4n) is 2.49. The number of rotatable bonds is 4. The average molecular weight is 287 g/mol. The van der Waals surface area contributed by atoms with Gasteiger partial charge in [-0.1, -0.05) is 11.6 Å². The number of piperidine rings is 1. The molecule has 1 aromatic rings. The molecule has 0 saturated carbocycles. The Kier molecular flexibility index (Phi) is 5.35. The van der Waals surface area contributed by atoms with Crippen molar-refractivity contribution in [1.29, 1.82) is 5.26 Å². The van der Waals surface area contributed by atoms with Gasteiger partial charge < -0.3 is 5.32 Å². The zero-order chi connectivity index (χ0) is 15.2. The molecule has 0 aromatic heterocycles. The van der Waals surface area contributed by atoms with E-state index >= 15 is 0 Å². The Morgan fingerprint density at radius 2 is 2.14 bits per heavy atom. The summed E-state index contributed by atoms with van der Waals surface area (Å²) in [5.74, 6) is -0.346. The molecule has 0 atom stereocenters. The number of nitriles is 1. The summed E-state index contributed by atoms with van der Waals surface area (Å²) in [6.45, 7) is 7.28. The van der Waals surface area contributed by atoms with Gasteiger partial charge in [-0.05, 0) is 44.9 Å². The summed E-state index contributed by atoms with van der Waals surface area (Å²) in [6.07, 6.45) is 4.26. The van der Waals surface area contributed by atoms with Crippen molar-refractivity contribution >= 4 is 5.69 Å². The van der Waals surface area contributed by atoms with Crippen LogP contribution in [0.3, 0.4) is 0 Å². The lowest BCUT2D eigenvalue weighted by molar-refractivity contribution is 0.239. The minimum absolute atomic E-state index is 0.301. The molecule has 1 aliphatic rings. The van der Waals surface area contributed by atoms with E-state index in [4.69, 9.17) is 5.26 Å². The van der Waals surface area contributed by atoms with Crippen molar-refractivity contribution in [3.63, 3.8) is 0 Å². The summed E-state index contributed by atoms with van der Waals surface area (Å²) in [5.41, 5.74) is 2.20. The molecular formula is C17H22FN3. The Morgan fingerprint density at radius 3 is 2.71 bits per heavy atom. The Bertz CT molecular complexity index is 548. The summed E-state index contributed by atoms with van der Waals surface area (Å²) in [5, 5.41) is 12.0. The smallest absolute Gasteiger partial charge is 0.147 e. The number of halogens is 1. The summed E-state index contributed by atoms with van der Waals surface area (Å²) in [7, 11) is 0. The van der Waals surface area contributed by atoms with Gasteiger partial charge in [0.05, 0.1) is 17.3 Å². The quantitative estimate of drug-likeness (QED) is 0.861. The highest BCUT2D eigenvalue weighted by molar-refractivity contribution is 5.49. The SMILES string of the molecule is CC(C)=CCN1CCC(Nc2ccc(C#N)cc2F)CC1. The molecule has 4 heteroatoms. The van der Waals surface area contributed by atoms with Gasteiger partial charge in [0, 0.05) is 25.7 Å². The number of nitrogens with zero attached hydrogens (tertiary/aromatic N) is 2. The lowest BCUT2D eigenvalue weighted by Crippen LogP contribution is -2.39. The summed E-state index contributed by atoms with van der Waals surface area (Å²) in [4.78, 5) is 2.42. The van der Waals surface area contributed by atoms with Crippen LogP contribution >= 0.6 is 0 Å². The summed E-state index contributed by atoms with van der Waals surface area (Å²) >= 11 is 0. The molecule has 0 bridgehead atoms. The highest BCUT2D eigenvalue weighted by atomic mass is 19.1. The lowest BCUT2D eigenvalue weighted by Gasteiger charge is -2.32. The Labute approximate surface area is 126 Å². The first-order valence-corrected chi connectivity index (χ1v) is 7.40. The molecule has 112 valence electrons. The van der Waals surface area contributed by atoms with E-state index in [2.05, 4.69) is 30.1 Å². The fraction of sp³-hybridized carbons (Fsp3) is 0.471. The van der Waals surface area contributed by atoms with E-state index in [1.807, 2.05) is 6.07 Å². The Hall–Kier alpha value is -1.86. The van der Waals surface area contributed by atoms with Crippen LogP contribution in [-0.4, -0.2) is 30.6 Å². The molecule has 0 aliphatic carbocycles. The van der Waals surface area contributed by atoms with Crippen LogP contribution in [0.1, 0.15) is 32.3 Å². The third-order valence-corrected chi connectivity index (χ3v) is 3.80. The number of hydrogen-bond acceptors (Lipinski definition) is 3. The second kappa shape index (κ2) is 7.24. The molecule has 3 nitrogen and oxygen atoms in total. The molecule has 1 fully saturated rings. The van der Waals surface area contributed by atoms with Gasteiger partial charge >= 0.3 is 0 Å². The third kappa shape index (κ3) is 4.57. The van der Waals surface area contributed by atoms with Crippen LogP contribution < -0.4 is 5.32 Å². The zero-order valence-corrected chi connectivity index (χ0v) is 12.7. The van der Waals surface area contributed by atoms with Gasteiger partial charge in [0.2, 0.25) is 0 Å². The number of nitrogens with one attached hydrogen (secondary N) is 1. The molecule has 1 aliphatic heterocycles. The minimum Gasteiger partial charge on any atom is -0.380 e. The van der Waals surface area contributed by atoms with E-state index in [-0.39, 0.29) is 5.82 Å². The molecule has 0 amide bonds. The van der Waals surface area contributed by atoms with Crippen molar-refractivity contribution in [1.82, 2.24) is 4.90 Å². The largest absolute Gasteiger partial charge is 0.380 e. The lowest BCUT2D eigenvalue weighted by atomic mass is 10.0. The molecule has 1 aromatic carbocycles. The van der Waals surface area contributed by atoms with Gasteiger partial charge in [-0.15, -0.1) is 0 Å². The molecule has 1 saturated heterocycles. The van der Waals surface area contributed by atoms with E-state index < -0.39 is 0 Å². The molecule has 0 unspecified atom stereocenters. The van der Waals surface area contributed by atoms with E-state index in [1.54, 1.807) is 12.1 Å². The normalized spacial score (nSPS) is 16.3. The maximum atomic E-state index is 13.8. The number of hydrogen-bond donors (Lipinski definition) is 1. The minimum atomic E-state index is -0.346. The first kappa shape index (κ1) is 15.5. The summed E-state index contributed by atoms with van der Waals surface area (Å²) < 4.78 is 13.8. The van der Waals surface area contributed by atoms with Crippen LogP contribution in [0.5, 0.6) is 0 Å². The molecule has 0 radical (unpaired) electrons. The maximum absolute atomic E-state index is 13.8. The zero-order valence-electron chi connectivity index (χ0n) is 12.7. The highest BCUT2D eigenvalue weighted by Gasteiger charge is 2.19. The van der Waals surface area contributed by atoms with Crippen molar-refractivity contribution in [2.24, 2.45) is 0 Å². The maximum Gasteiger partial charge on any atom is 0.147 e. The van der Waals surface area contributed by atoms with E-state index in [1.165, 1.54) is 11.6 Å². The average Bonchev–Trinajstić information content (AvgIpc) is 2.48. The standard InChI is InChI=1S/C17H22FN3/c1-13(2)5-8-21-9-6-15(7-10-21)20-17-4-3-14(12-19)11-16(17)18/h3-5,11,15,20H,6-10H2,1-2H3. The number of anilines is 1. The van der Waals surface area contributed by atoms with Gasteiger partial charge in [0.1, 0.15) is 5.82 Å². The highest BCUT2D eigenvalue weighted by Crippen LogP contribution is 2.20. The molecule has 1 heterocycles. The van der Waals surface area contributed by atoms with Crippen molar-refractivity contribution in [2.45, 2.75) is 32.7 Å². The molecule has 0 spiro atoms. The van der Waals surface area contributed by atoms with Gasteiger partial charge in [-0.25, -0.2) is 4.39 Å². The van der Waals surface area contributed by atoms with Crippen molar-refractivity contribution in [3.8, 4) is 6.07 Å². The number of allylic oxidation sites excluding steroid dienone is 1. The van der Waals surface area contributed by atoms with Gasteiger partial charge in [0.15, 0.2) is 0 Å². The first-order chi connectivity index (χ1) is 10.1. The van der Waals surface area contributed by atoms with Crippen LogP contribution in [-0.2, 0) is 0 Å². The van der Waals surface area contributed by atoms with E-state index in [9.17, 15) is 4.39 Å². The van der Waals surface area contributed by atoms with Crippen LogP contribution in [0.4, 0.5) is 10.1 Å². The predicted octanol–water partition coefficient (Wildman–Crippen LogP) is 3.54. The third-order valence-electron chi connectivity index (χ3n) is 3.80. The van der Waals surface area contributed by atoms with E-state index in [0.717, 1.165) is 32.5 Å². The van der Waals surface area contributed by atoms with Crippen LogP contribution in [0.2, 0.25) is 0 Å². The monoisotopic (exact) mass is 287 g/mol. The van der Waals surface area contributed by atoms with Crippen molar-refractivity contribution in [2.75, 3.05) is 25.0 Å². The molecule has 1 N–H and O–H groups in total. The van der Waals surface area contributed by atoms with Gasteiger partial charge in [0.25, 0.3) is 0 Å². The number of benzene rings is 1. The van der Waals surface area contributed by atoms with Gasteiger partial charge in [-0.2, -0.15) is 5.26 Å². The second-order valence-corrected chi connectivity index (χ2v) is 5.81. The van der Waals surface area contributed by atoms with Crippen LogP contribution in [0.25, 0.3) is 0 Å². The van der Waals surface area contributed by atoms with Crippen LogP contribution in [0.15, 0.2) is 29.8 Å². The predicted molar refractivity (Wildman–Crippen MR) is 83.6 cm³/mol. The molecule has 2 rings (SSSR count). The second-order valence-electron chi connectivity index (χ2n) is 5.81. The fourth-order valence-corrected chi connectivity index (χ4v) is 2.49. The number of likely N-dealkylation sites (tertiary alicyclic amines) is 1. The summed E-state index contributed by atoms with van der Waals surface area (Å²) in [6, 6.07) is 6.84. The van der Waals surface area contributed by atoms with E-state index in [0.29, 0.717) is 17.3 Å². The molecule has 21 heavy (non-hydrogen) atoms. The molecular weight excluding hydrogens is 265 g/mol. The van der Waals surface area contributed by atoms with Gasteiger partial charge in [-0.3, -0.25) is 4.90 Å². The van der Waals surface area contributed by atoms with Crippen molar-refractivity contribution in [3.05, 3.63) is 41.2 Å². The van der Waals surface area contributed by atoms with Crippen LogP contribution in [0, 0.1) is 17.1 Å². The Balaban J connectivity index is 1.86.